The molecule has 1 saturated heterocycles. The Morgan fingerprint density at radius 2 is 2.35 bits per heavy atom. The smallest absolute Gasteiger partial charge is 0.123 e. The van der Waals surface area contributed by atoms with Crippen LogP contribution in [0.4, 0.5) is 0 Å². The molecule has 2 heterocycles. The number of nitrogens with one attached hydrogen (secondary N) is 1. The Balaban J connectivity index is 1.77. The van der Waals surface area contributed by atoms with Crippen LogP contribution in [0.1, 0.15) is 24.0 Å². The van der Waals surface area contributed by atoms with E-state index in [0.29, 0.717) is 0 Å². The first-order chi connectivity index (χ1) is 8.43. The summed E-state index contributed by atoms with van der Waals surface area (Å²) in [5.41, 5.74) is 2.77. The Labute approximate surface area is 102 Å². The van der Waals surface area contributed by atoms with E-state index in [1.54, 1.807) is 0 Å². The standard InChI is InChI=1S/C14H19NO2/c1-3-11-9-15-7-6-13(11)14(5-1)17-12-4-2-8-16-10-12/h1,3,5,12,15H,2,4,6-10H2. The fraction of sp³-hybridized carbons (Fsp3) is 0.571. The molecule has 0 radical (unpaired) electrons. The fourth-order valence-electron chi connectivity index (χ4n) is 2.59. The van der Waals surface area contributed by atoms with Crippen LogP contribution in [0, 0.1) is 0 Å². The van der Waals surface area contributed by atoms with Crippen molar-refractivity contribution in [3.8, 4) is 5.75 Å². The molecule has 0 amide bonds. The molecule has 2 aliphatic rings. The van der Waals surface area contributed by atoms with Crippen LogP contribution in [0.15, 0.2) is 18.2 Å². The van der Waals surface area contributed by atoms with Crippen LogP contribution in [0.2, 0.25) is 0 Å². The summed E-state index contributed by atoms with van der Waals surface area (Å²) in [6, 6.07) is 6.37. The highest BCUT2D eigenvalue weighted by Gasteiger charge is 2.19. The number of rotatable bonds is 2. The highest BCUT2D eigenvalue weighted by atomic mass is 16.5. The molecule has 0 saturated carbocycles. The zero-order valence-electron chi connectivity index (χ0n) is 10.1. The third kappa shape index (κ3) is 2.45. The summed E-state index contributed by atoms with van der Waals surface area (Å²) in [5, 5.41) is 3.39. The van der Waals surface area contributed by atoms with Crippen molar-refractivity contribution in [1.29, 1.82) is 0 Å². The Hall–Kier alpha value is -1.06. The van der Waals surface area contributed by atoms with E-state index in [4.69, 9.17) is 9.47 Å². The summed E-state index contributed by atoms with van der Waals surface area (Å²) in [5.74, 6) is 1.07. The SMILES string of the molecule is c1cc2c(c(OC3CCCOC3)c1)CCNC2. The molecule has 3 nitrogen and oxygen atoms in total. The molecule has 0 aromatic heterocycles. The largest absolute Gasteiger partial charge is 0.488 e. The number of hydrogen-bond donors (Lipinski definition) is 1. The van der Waals surface area contributed by atoms with Gasteiger partial charge in [0.1, 0.15) is 11.9 Å². The van der Waals surface area contributed by atoms with Crippen LogP contribution >= 0.6 is 0 Å². The molecule has 1 aromatic rings. The number of benzene rings is 1. The first-order valence-corrected chi connectivity index (χ1v) is 6.49. The summed E-state index contributed by atoms with van der Waals surface area (Å²) in [7, 11) is 0. The first kappa shape index (κ1) is 11.1. The van der Waals surface area contributed by atoms with Gasteiger partial charge in [0.05, 0.1) is 6.61 Å². The van der Waals surface area contributed by atoms with Crippen LogP contribution < -0.4 is 10.1 Å². The average molecular weight is 233 g/mol. The molecule has 0 bridgehead atoms. The maximum absolute atomic E-state index is 6.10. The van der Waals surface area contributed by atoms with E-state index >= 15 is 0 Å². The lowest BCUT2D eigenvalue weighted by molar-refractivity contribution is 0.00696. The molecule has 2 aliphatic heterocycles. The van der Waals surface area contributed by atoms with Gasteiger partial charge in [-0.05, 0) is 43.0 Å². The lowest BCUT2D eigenvalue weighted by Gasteiger charge is -2.26. The van der Waals surface area contributed by atoms with E-state index in [2.05, 4.69) is 23.5 Å². The van der Waals surface area contributed by atoms with Crippen LogP contribution in [0.3, 0.4) is 0 Å². The molecule has 3 heteroatoms. The summed E-state index contributed by atoms with van der Waals surface area (Å²) >= 11 is 0. The highest BCUT2D eigenvalue weighted by molar-refractivity contribution is 5.41. The molecule has 1 fully saturated rings. The predicted octanol–water partition coefficient (Wildman–Crippen LogP) is 1.89. The van der Waals surface area contributed by atoms with E-state index < -0.39 is 0 Å². The summed E-state index contributed by atoms with van der Waals surface area (Å²) in [4.78, 5) is 0. The molecule has 17 heavy (non-hydrogen) atoms. The van der Waals surface area contributed by atoms with Crippen molar-refractivity contribution >= 4 is 0 Å². The molecular formula is C14H19NO2. The Bertz CT molecular complexity index is 386. The summed E-state index contributed by atoms with van der Waals surface area (Å²) < 4.78 is 11.6. The van der Waals surface area contributed by atoms with Crippen molar-refractivity contribution in [2.24, 2.45) is 0 Å². The normalized spacial score (nSPS) is 24.1. The van der Waals surface area contributed by atoms with Crippen LogP contribution in [-0.4, -0.2) is 25.9 Å². The van der Waals surface area contributed by atoms with Gasteiger partial charge in [-0.2, -0.15) is 0 Å². The van der Waals surface area contributed by atoms with Crippen LogP contribution in [-0.2, 0) is 17.7 Å². The second kappa shape index (κ2) is 5.07. The topological polar surface area (TPSA) is 30.5 Å². The molecule has 92 valence electrons. The van der Waals surface area contributed by atoms with Gasteiger partial charge in [0.25, 0.3) is 0 Å². The quantitative estimate of drug-likeness (QED) is 0.846. The predicted molar refractivity (Wildman–Crippen MR) is 66.3 cm³/mol. The Kier molecular flexibility index (Phi) is 3.29. The minimum atomic E-state index is 0.241. The number of hydrogen-bond acceptors (Lipinski definition) is 3. The van der Waals surface area contributed by atoms with E-state index in [1.165, 1.54) is 11.1 Å². The Morgan fingerprint density at radius 3 is 3.24 bits per heavy atom. The van der Waals surface area contributed by atoms with Crippen LogP contribution in [0.25, 0.3) is 0 Å². The van der Waals surface area contributed by atoms with Gasteiger partial charge in [0.15, 0.2) is 0 Å². The molecule has 1 atom stereocenters. The number of fused-ring (bicyclic) bond motifs is 1. The zero-order valence-corrected chi connectivity index (χ0v) is 10.1. The van der Waals surface area contributed by atoms with Gasteiger partial charge in [-0.3, -0.25) is 0 Å². The monoisotopic (exact) mass is 233 g/mol. The highest BCUT2D eigenvalue weighted by Crippen LogP contribution is 2.27. The van der Waals surface area contributed by atoms with Crippen molar-refractivity contribution in [2.75, 3.05) is 19.8 Å². The minimum Gasteiger partial charge on any atom is -0.488 e. The summed E-state index contributed by atoms with van der Waals surface area (Å²) in [6.45, 7) is 3.64. The second-order valence-electron chi connectivity index (χ2n) is 4.78. The maximum Gasteiger partial charge on any atom is 0.123 e. The van der Waals surface area contributed by atoms with Gasteiger partial charge in [-0.15, -0.1) is 0 Å². The van der Waals surface area contributed by atoms with Gasteiger partial charge in [0.2, 0.25) is 0 Å². The third-order valence-electron chi connectivity index (χ3n) is 3.51. The van der Waals surface area contributed by atoms with Crippen molar-refractivity contribution < 1.29 is 9.47 Å². The van der Waals surface area contributed by atoms with E-state index in [-0.39, 0.29) is 6.10 Å². The minimum absolute atomic E-state index is 0.241. The van der Waals surface area contributed by atoms with E-state index in [9.17, 15) is 0 Å². The Morgan fingerprint density at radius 1 is 1.35 bits per heavy atom. The van der Waals surface area contributed by atoms with Gasteiger partial charge in [-0.25, -0.2) is 0 Å². The average Bonchev–Trinajstić information content (AvgIpc) is 2.40. The third-order valence-corrected chi connectivity index (χ3v) is 3.51. The zero-order chi connectivity index (χ0) is 11.5. The maximum atomic E-state index is 6.10. The molecule has 1 N–H and O–H groups in total. The van der Waals surface area contributed by atoms with Gasteiger partial charge >= 0.3 is 0 Å². The molecule has 1 unspecified atom stereocenters. The molecule has 1 aromatic carbocycles. The lowest BCUT2D eigenvalue weighted by Crippen LogP contribution is -2.29. The van der Waals surface area contributed by atoms with E-state index in [0.717, 1.165) is 51.3 Å². The van der Waals surface area contributed by atoms with Crippen molar-refractivity contribution in [3.05, 3.63) is 29.3 Å². The second-order valence-corrected chi connectivity index (χ2v) is 4.78. The molecule has 0 aliphatic carbocycles. The molecule has 0 spiro atoms. The van der Waals surface area contributed by atoms with Gasteiger partial charge in [0, 0.05) is 13.2 Å². The first-order valence-electron chi connectivity index (χ1n) is 6.49. The fourth-order valence-corrected chi connectivity index (χ4v) is 2.59. The van der Waals surface area contributed by atoms with E-state index in [1.807, 2.05) is 0 Å². The summed E-state index contributed by atoms with van der Waals surface area (Å²) in [6.07, 6.45) is 3.53. The number of ether oxygens (including phenoxy) is 2. The van der Waals surface area contributed by atoms with Crippen molar-refractivity contribution in [3.63, 3.8) is 0 Å². The van der Waals surface area contributed by atoms with Gasteiger partial charge < -0.3 is 14.8 Å². The van der Waals surface area contributed by atoms with Crippen molar-refractivity contribution in [2.45, 2.75) is 31.9 Å². The van der Waals surface area contributed by atoms with Crippen LogP contribution in [0.5, 0.6) is 5.75 Å². The van der Waals surface area contributed by atoms with Gasteiger partial charge in [-0.1, -0.05) is 12.1 Å². The lowest BCUT2D eigenvalue weighted by atomic mass is 10.00. The van der Waals surface area contributed by atoms with Crippen molar-refractivity contribution in [1.82, 2.24) is 5.32 Å². The molecular weight excluding hydrogens is 214 g/mol. The molecule has 3 rings (SSSR count).